The van der Waals surface area contributed by atoms with Gasteiger partial charge in [0.1, 0.15) is 0 Å². The third-order valence-electron chi connectivity index (χ3n) is 4.82. The van der Waals surface area contributed by atoms with E-state index in [1.54, 1.807) is 0 Å². The Bertz CT molecular complexity index is 474. The van der Waals surface area contributed by atoms with Crippen molar-refractivity contribution in [2.45, 2.75) is 39.4 Å². The van der Waals surface area contributed by atoms with Crippen molar-refractivity contribution in [1.82, 2.24) is 0 Å². The first-order chi connectivity index (χ1) is 8.42. The molecule has 3 aliphatic rings. The van der Waals surface area contributed by atoms with E-state index in [-0.39, 0.29) is 11.7 Å². The Kier molecular flexibility index (Phi) is 2.55. The first kappa shape index (κ1) is 12.1. The molecule has 3 heteroatoms. The summed E-state index contributed by atoms with van der Waals surface area (Å²) < 4.78 is 5.61. The van der Waals surface area contributed by atoms with E-state index in [1.165, 1.54) is 0 Å². The second-order valence-electron chi connectivity index (χ2n) is 6.12. The lowest BCUT2D eigenvalue weighted by atomic mass is 9.62. The van der Waals surface area contributed by atoms with E-state index in [4.69, 9.17) is 4.74 Å². The second kappa shape index (κ2) is 3.78. The SMILES string of the molecule is CC1=C[C@@H]2C3=C(C)CO[C@@]3(O)C[C@H](C)[C@H]2CC1=O. The van der Waals surface area contributed by atoms with Crippen molar-refractivity contribution < 1.29 is 14.6 Å². The van der Waals surface area contributed by atoms with Crippen LogP contribution in [-0.4, -0.2) is 23.3 Å². The van der Waals surface area contributed by atoms with E-state index >= 15 is 0 Å². The lowest BCUT2D eigenvalue weighted by molar-refractivity contribution is -0.185. The predicted octanol–water partition coefficient (Wildman–Crippen LogP) is 2.21. The van der Waals surface area contributed by atoms with Crippen molar-refractivity contribution in [2.24, 2.45) is 17.8 Å². The second-order valence-corrected chi connectivity index (χ2v) is 6.12. The number of allylic oxidation sites excluding steroid dienone is 2. The molecule has 1 fully saturated rings. The molecule has 3 nitrogen and oxygen atoms in total. The van der Waals surface area contributed by atoms with Crippen molar-refractivity contribution in [3.8, 4) is 0 Å². The first-order valence-electron chi connectivity index (χ1n) is 6.70. The minimum absolute atomic E-state index is 0.180. The Hall–Kier alpha value is -0.930. The number of ether oxygens (including phenoxy) is 1. The van der Waals surface area contributed by atoms with Gasteiger partial charge in [-0.2, -0.15) is 0 Å². The molecule has 0 bridgehead atoms. The van der Waals surface area contributed by atoms with Crippen LogP contribution in [0.5, 0.6) is 0 Å². The summed E-state index contributed by atoms with van der Waals surface area (Å²) in [6, 6.07) is 0. The van der Waals surface area contributed by atoms with Crippen LogP contribution in [0, 0.1) is 17.8 Å². The number of carbonyl (C=O) groups is 1. The van der Waals surface area contributed by atoms with Gasteiger partial charge >= 0.3 is 0 Å². The normalized spacial score (nSPS) is 43.7. The summed E-state index contributed by atoms with van der Waals surface area (Å²) in [6.45, 7) is 6.54. The third kappa shape index (κ3) is 1.54. The Balaban J connectivity index is 2.10. The molecule has 0 aromatic rings. The van der Waals surface area contributed by atoms with Crippen LogP contribution >= 0.6 is 0 Å². The molecular weight excluding hydrogens is 228 g/mol. The van der Waals surface area contributed by atoms with Gasteiger partial charge < -0.3 is 9.84 Å². The fourth-order valence-corrected chi connectivity index (χ4v) is 3.86. The molecule has 0 aromatic carbocycles. The molecule has 1 aliphatic heterocycles. The van der Waals surface area contributed by atoms with Gasteiger partial charge in [0.2, 0.25) is 0 Å². The number of Topliss-reactive ketones (excluding diaryl/α,β-unsaturated/α-hetero) is 1. The summed E-state index contributed by atoms with van der Waals surface area (Å²) in [6.07, 6.45) is 3.27. The number of rotatable bonds is 0. The quantitative estimate of drug-likeness (QED) is 0.669. The fourth-order valence-electron chi connectivity index (χ4n) is 3.86. The van der Waals surface area contributed by atoms with Gasteiger partial charge in [-0.05, 0) is 42.4 Å². The van der Waals surface area contributed by atoms with Gasteiger partial charge in [0, 0.05) is 18.8 Å². The minimum atomic E-state index is -1.08. The fraction of sp³-hybridized carbons (Fsp3) is 0.667. The molecule has 3 rings (SSSR count). The molecule has 0 radical (unpaired) electrons. The van der Waals surface area contributed by atoms with E-state index in [9.17, 15) is 9.90 Å². The van der Waals surface area contributed by atoms with Crippen LogP contribution in [0.1, 0.15) is 33.6 Å². The van der Waals surface area contributed by atoms with Gasteiger partial charge in [0.25, 0.3) is 0 Å². The summed E-state index contributed by atoms with van der Waals surface area (Å²) >= 11 is 0. The zero-order valence-corrected chi connectivity index (χ0v) is 11.2. The highest BCUT2D eigenvalue weighted by Gasteiger charge is 2.52. The monoisotopic (exact) mass is 248 g/mol. The molecule has 18 heavy (non-hydrogen) atoms. The van der Waals surface area contributed by atoms with Gasteiger partial charge in [-0.3, -0.25) is 4.79 Å². The van der Waals surface area contributed by atoms with Crippen molar-refractivity contribution >= 4 is 5.78 Å². The Morgan fingerprint density at radius 3 is 2.89 bits per heavy atom. The maximum atomic E-state index is 11.9. The van der Waals surface area contributed by atoms with E-state index in [0.717, 1.165) is 16.7 Å². The summed E-state index contributed by atoms with van der Waals surface area (Å²) in [7, 11) is 0. The van der Waals surface area contributed by atoms with Crippen molar-refractivity contribution in [2.75, 3.05) is 6.61 Å². The highest BCUT2D eigenvalue weighted by atomic mass is 16.6. The van der Waals surface area contributed by atoms with E-state index in [1.807, 2.05) is 19.9 Å². The molecule has 98 valence electrons. The number of hydrogen-bond donors (Lipinski definition) is 1. The molecule has 0 spiro atoms. The van der Waals surface area contributed by atoms with Crippen LogP contribution in [0.15, 0.2) is 22.8 Å². The summed E-state index contributed by atoms with van der Waals surface area (Å²) in [5, 5.41) is 10.6. The Labute approximate surface area is 108 Å². The average Bonchev–Trinajstić information content (AvgIpc) is 2.58. The highest BCUT2D eigenvalue weighted by Crippen LogP contribution is 2.52. The number of fused-ring (bicyclic) bond motifs is 3. The molecule has 0 saturated heterocycles. The summed E-state index contributed by atoms with van der Waals surface area (Å²) in [5.74, 6) is -0.0114. The standard InChI is InChI=1S/C15H20O3/c1-8-4-12-11(5-13(8)16)9(2)6-15(17)14(12)10(3)7-18-15/h4,9,11-12,17H,5-7H2,1-3H3/t9-,11+,12-,15-/m0/s1. The molecule has 1 heterocycles. The maximum absolute atomic E-state index is 11.9. The predicted molar refractivity (Wildman–Crippen MR) is 67.7 cm³/mol. The van der Waals surface area contributed by atoms with Gasteiger partial charge in [-0.15, -0.1) is 0 Å². The lowest BCUT2D eigenvalue weighted by Gasteiger charge is -2.45. The molecule has 0 unspecified atom stereocenters. The van der Waals surface area contributed by atoms with Crippen LogP contribution in [-0.2, 0) is 9.53 Å². The summed E-state index contributed by atoms with van der Waals surface area (Å²) in [5.41, 5.74) is 3.00. The van der Waals surface area contributed by atoms with Crippen LogP contribution in [0.3, 0.4) is 0 Å². The van der Waals surface area contributed by atoms with Crippen LogP contribution < -0.4 is 0 Å². The first-order valence-corrected chi connectivity index (χ1v) is 6.70. The Morgan fingerprint density at radius 2 is 2.17 bits per heavy atom. The van der Waals surface area contributed by atoms with Gasteiger partial charge in [0.15, 0.2) is 11.6 Å². The van der Waals surface area contributed by atoms with Crippen molar-refractivity contribution in [3.05, 3.63) is 22.8 Å². The summed E-state index contributed by atoms with van der Waals surface area (Å²) in [4.78, 5) is 11.9. The average molecular weight is 248 g/mol. The Morgan fingerprint density at radius 1 is 1.44 bits per heavy atom. The van der Waals surface area contributed by atoms with Crippen molar-refractivity contribution in [3.63, 3.8) is 0 Å². The van der Waals surface area contributed by atoms with E-state index < -0.39 is 5.79 Å². The van der Waals surface area contributed by atoms with E-state index in [0.29, 0.717) is 31.3 Å². The maximum Gasteiger partial charge on any atom is 0.189 e. The van der Waals surface area contributed by atoms with E-state index in [2.05, 4.69) is 6.92 Å². The van der Waals surface area contributed by atoms with Gasteiger partial charge in [-0.1, -0.05) is 13.0 Å². The topological polar surface area (TPSA) is 46.5 Å². The van der Waals surface area contributed by atoms with Crippen LogP contribution in [0.25, 0.3) is 0 Å². The van der Waals surface area contributed by atoms with Gasteiger partial charge in [-0.25, -0.2) is 0 Å². The molecule has 0 aromatic heterocycles. The van der Waals surface area contributed by atoms with Crippen LogP contribution in [0.2, 0.25) is 0 Å². The molecule has 4 atom stereocenters. The zero-order valence-electron chi connectivity index (χ0n) is 11.2. The minimum Gasteiger partial charge on any atom is -0.362 e. The molecule has 1 saturated carbocycles. The third-order valence-corrected chi connectivity index (χ3v) is 4.82. The van der Waals surface area contributed by atoms with Crippen LogP contribution in [0.4, 0.5) is 0 Å². The zero-order chi connectivity index (χ0) is 13.1. The van der Waals surface area contributed by atoms with Crippen molar-refractivity contribution in [1.29, 1.82) is 0 Å². The number of carbonyl (C=O) groups excluding carboxylic acids is 1. The number of ketones is 1. The lowest BCUT2D eigenvalue weighted by Crippen LogP contribution is -2.46. The highest BCUT2D eigenvalue weighted by molar-refractivity contribution is 5.96. The smallest absolute Gasteiger partial charge is 0.189 e. The molecule has 2 aliphatic carbocycles. The number of hydrogen-bond acceptors (Lipinski definition) is 3. The van der Waals surface area contributed by atoms with Gasteiger partial charge in [0.05, 0.1) is 6.61 Å². The number of aliphatic hydroxyl groups is 1. The largest absolute Gasteiger partial charge is 0.362 e. The molecule has 0 amide bonds. The molecule has 1 N–H and O–H groups in total. The molecular formula is C15H20O3.